The molecule has 0 atom stereocenters. The number of H-pyrrole nitrogens is 1. The molecule has 3 N–H and O–H groups in total. The lowest BCUT2D eigenvalue weighted by molar-refractivity contribution is 0.102. The van der Waals surface area contributed by atoms with Crippen molar-refractivity contribution in [3.8, 4) is 11.4 Å². The molecule has 0 spiro atoms. The maximum Gasteiger partial charge on any atom is 0.274 e. The molecule has 0 saturated carbocycles. The number of aromatic nitrogens is 2. The molecule has 0 radical (unpaired) electrons. The molecule has 0 saturated heterocycles. The first kappa shape index (κ1) is 17.9. The molecule has 2 aromatic carbocycles. The lowest BCUT2D eigenvalue weighted by Gasteiger charge is -2.20. The summed E-state index contributed by atoms with van der Waals surface area (Å²) in [5, 5.41) is 12.9. The van der Waals surface area contributed by atoms with Gasteiger partial charge in [-0.3, -0.25) is 9.36 Å². The third-order valence-electron chi connectivity index (χ3n) is 4.13. The highest BCUT2D eigenvalue weighted by molar-refractivity contribution is 7.71. The van der Waals surface area contributed by atoms with Crippen LogP contribution in [0.1, 0.15) is 36.8 Å². The minimum Gasteiger partial charge on any atom is -0.506 e. The Kier molecular flexibility index (Phi) is 4.70. The quantitative estimate of drug-likeness (QED) is 0.460. The molecule has 0 aliphatic carbocycles. The van der Waals surface area contributed by atoms with E-state index in [1.807, 2.05) is 36.4 Å². The fraction of sp³-hybridized carbons (Fsp3) is 0.200. The minimum absolute atomic E-state index is 0.0201. The number of rotatable bonds is 3. The molecule has 134 valence electrons. The van der Waals surface area contributed by atoms with E-state index in [1.54, 1.807) is 22.9 Å². The first-order valence-electron chi connectivity index (χ1n) is 8.28. The number of nitrogens with zero attached hydrogens (tertiary/aromatic N) is 1. The maximum absolute atomic E-state index is 12.8. The zero-order chi connectivity index (χ0) is 18.9. The van der Waals surface area contributed by atoms with Gasteiger partial charge in [0.25, 0.3) is 5.91 Å². The predicted octanol–water partition coefficient (Wildman–Crippen LogP) is 4.79. The summed E-state index contributed by atoms with van der Waals surface area (Å²) in [6.07, 6.45) is 1.56. The third kappa shape index (κ3) is 3.55. The summed E-state index contributed by atoms with van der Waals surface area (Å²) >= 11 is 5.31. The molecule has 5 nitrogen and oxygen atoms in total. The van der Waals surface area contributed by atoms with Gasteiger partial charge >= 0.3 is 0 Å². The number of aromatic amines is 1. The summed E-state index contributed by atoms with van der Waals surface area (Å²) in [6, 6.07) is 14.6. The molecule has 3 rings (SSSR count). The second-order valence-corrected chi connectivity index (χ2v) is 7.47. The van der Waals surface area contributed by atoms with E-state index in [0.717, 1.165) is 11.3 Å². The van der Waals surface area contributed by atoms with E-state index in [2.05, 4.69) is 31.1 Å². The first-order valence-corrected chi connectivity index (χ1v) is 8.69. The highest BCUT2D eigenvalue weighted by Crippen LogP contribution is 2.31. The molecule has 0 bridgehead atoms. The Hall–Kier alpha value is -2.86. The molecule has 0 aliphatic heterocycles. The fourth-order valence-corrected chi connectivity index (χ4v) is 2.92. The standard InChI is InChI=1S/C20H21N3O2S/c1-20(2,3)13-9-10-17(24)15(11-13)22-18(25)16-12-21-19(26)23(16)14-7-5-4-6-8-14/h4-12,24H,1-3H3,(H,21,26)(H,22,25). The van der Waals surface area contributed by atoms with Gasteiger partial charge in [-0.25, -0.2) is 0 Å². The number of imidazole rings is 1. The van der Waals surface area contributed by atoms with Crippen LogP contribution in [0, 0.1) is 4.77 Å². The smallest absolute Gasteiger partial charge is 0.274 e. The van der Waals surface area contributed by atoms with E-state index in [4.69, 9.17) is 12.2 Å². The molecule has 1 amide bonds. The highest BCUT2D eigenvalue weighted by Gasteiger charge is 2.19. The van der Waals surface area contributed by atoms with E-state index < -0.39 is 0 Å². The van der Waals surface area contributed by atoms with Crippen molar-refractivity contribution in [3.05, 3.63) is 70.8 Å². The summed E-state index contributed by atoms with van der Waals surface area (Å²) in [5.41, 5.74) is 2.44. The molecule has 1 heterocycles. The Balaban J connectivity index is 1.97. The van der Waals surface area contributed by atoms with Crippen LogP contribution in [0.2, 0.25) is 0 Å². The van der Waals surface area contributed by atoms with Crippen LogP contribution in [0.5, 0.6) is 5.75 Å². The Labute approximate surface area is 157 Å². The normalized spacial score (nSPS) is 11.3. The lowest BCUT2D eigenvalue weighted by Crippen LogP contribution is -2.17. The predicted molar refractivity (Wildman–Crippen MR) is 106 cm³/mol. The van der Waals surface area contributed by atoms with Crippen molar-refractivity contribution in [1.82, 2.24) is 9.55 Å². The van der Waals surface area contributed by atoms with Gasteiger partial charge in [0.05, 0.1) is 5.69 Å². The van der Waals surface area contributed by atoms with Crippen molar-refractivity contribution >= 4 is 23.8 Å². The number of hydrogen-bond donors (Lipinski definition) is 3. The van der Waals surface area contributed by atoms with E-state index in [-0.39, 0.29) is 17.1 Å². The van der Waals surface area contributed by atoms with Crippen LogP contribution in [0.25, 0.3) is 5.69 Å². The lowest BCUT2D eigenvalue weighted by atomic mass is 9.87. The average Bonchev–Trinajstić information content (AvgIpc) is 2.98. The van der Waals surface area contributed by atoms with E-state index in [0.29, 0.717) is 16.2 Å². The third-order valence-corrected chi connectivity index (χ3v) is 4.43. The molecular formula is C20H21N3O2S. The van der Waals surface area contributed by atoms with Crippen LogP contribution in [0.4, 0.5) is 5.69 Å². The van der Waals surface area contributed by atoms with Crippen molar-refractivity contribution in [3.63, 3.8) is 0 Å². The van der Waals surface area contributed by atoms with Gasteiger partial charge in [0.1, 0.15) is 11.4 Å². The van der Waals surface area contributed by atoms with Crippen molar-refractivity contribution in [1.29, 1.82) is 0 Å². The molecule has 3 aromatic rings. The minimum atomic E-state index is -0.359. The maximum atomic E-state index is 12.8. The molecular weight excluding hydrogens is 346 g/mol. The Morgan fingerprint density at radius 3 is 2.50 bits per heavy atom. The van der Waals surface area contributed by atoms with E-state index in [1.165, 1.54) is 0 Å². The summed E-state index contributed by atoms with van der Waals surface area (Å²) in [5.74, 6) is -0.339. The van der Waals surface area contributed by atoms with Gasteiger partial charge in [0.15, 0.2) is 4.77 Å². The number of anilines is 1. The number of nitrogens with one attached hydrogen (secondary N) is 2. The zero-order valence-corrected chi connectivity index (χ0v) is 15.7. The van der Waals surface area contributed by atoms with Crippen LogP contribution in [0.3, 0.4) is 0 Å². The van der Waals surface area contributed by atoms with E-state index >= 15 is 0 Å². The monoisotopic (exact) mass is 367 g/mol. The van der Waals surface area contributed by atoms with Gasteiger partial charge in [0.2, 0.25) is 0 Å². The average molecular weight is 367 g/mol. The fourth-order valence-electron chi connectivity index (χ4n) is 2.66. The molecule has 26 heavy (non-hydrogen) atoms. The van der Waals surface area contributed by atoms with Gasteiger partial charge in [-0.15, -0.1) is 0 Å². The largest absolute Gasteiger partial charge is 0.506 e. The van der Waals surface area contributed by atoms with Crippen LogP contribution < -0.4 is 5.32 Å². The number of phenols is 1. The van der Waals surface area contributed by atoms with Gasteiger partial charge in [0, 0.05) is 11.9 Å². The number of amides is 1. The summed E-state index contributed by atoms with van der Waals surface area (Å²) in [4.78, 5) is 15.7. The Morgan fingerprint density at radius 2 is 1.85 bits per heavy atom. The molecule has 0 unspecified atom stereocenters. The van der Waals surface area contributed by atoms with Gasteiger partial charge < -0.3 is 15.4 Å². The molecule has 1 aromatic heterocycles. The Morgan fingerprint density at radius 1 is 1.15 bits per heavy atom. The number of aromatic hydroxyl groups is 1. The van der Waals surface area contributed by atoms with Gasteiger partial charge in [-0.05, 0) is 47.5 Å². The first-order chi connectivity index (χ1) is 12.3. The number of para-hydroxylation sites is 1. The van der Waals surface area contributed by atoms with Crippen LogP contribution in [-0.4, -0.2) is 20.6 Å². The van der Waals surface area contributed by atoms with Gasteiger partial charge in [-0.2, -0.15) is 0 Å². The summed E-state index contributed by atoms with van der Waals surface area (Å²) in [6.45, 7) is 6.22. The van der Waals surface area contributed by atoms with Crippen molar-refractivity contribution in [2.75, 3.05) is 5.32 Å². The summed E-state index contributed by atoms with van der Waals surface area (Å²) in [7, 11) is 0. The Bertz CT molecular complexity index is 998. The number of phenolic OH excluding ortho intramolecular Hbond substituents is 1. The van der Waals surface area contributed by atoms with Crippen LogP contribution >= 0.6 is 12.2 Å². The molecule has 0 fully saturated rings. The second-order valence-electron chi connectivity index (χ2n) is 7.09. The zero-order valence-electron chi connectivity index (χ0n) is 14.9. The number of hydrogen-bond acceptors (Lipinski definition) is 3. The number of carbonyl (C=O) groups is 1. The highest BCUT2D eigenvalue weighted by atomic mass is 32.1. The van der Waals surface area contributed by atoms with Crippen LogP contribution in [0.15, 0.2) is 54.7 Å². The topological polar surface area (TPSA) is 70.1 Å². The number of benzene rings is 2. The van der Waals surface area contributed by atoms with E-state index in [9.17, 15) is 9.90 Å². The van der Waals surface area contributed by atoms with Crippen LogP contribution in [-0.2, 0) is 5.41 Å². The SMILES string of the molecule is CC(C)(C)c1ccc(O)c(NC(=O)c2c[nH]c(=S)n2-c2ccccc2)c1. The molecule has 0 aliphatic rings. The van der Waals surface area contributed by atoms with Gasteiger partial charge in [-0.1, -0.05) is 45.0 Å². The van der Waals surface area contributed by atoms with Crippen molar-refractivity contribution < 1.29 is 9.90 Å². The van der Waals surface area contributed by atoms with Crippen molar-refractivity contribution in [2.24, 2.45) is 0 Å². The van der Waals surface area contributed by atoms with Crippen molar-refractivity contribution in [2.45, 2.75) is 26.2 Å². The second kappa shape index (κ2) is 6.80. The summed E-state index contributed by atoms with van der Waals surface area (Å²) < 4.78 is 2.09. The molecule has 6 heteroatoms. The number of carbonyl (C=O) groups excluding carboxylic acids is 1.